The molecular weight excluding hydrogens is 342 g/mol. The Kier molecular flexibility index (Phi) is 5.74. The molecule has 0 fully saturated rings. The predicted molar refractivity (Wildman–Crippen MR) is 108 cm³/mol. The molecule has 1 amide bonds. The lowest BCUT2D eigenvalue weighted by Crippen LogP contribution is -2.10. The van der Waals surface area contributed by atoms with Crippen LogP contribution in [0.4, 0.5) is 5.69 Å². The molecule has 3 nitrogen and oxygen atoms in total. The number of hydrogen-bond donors (Lipinski definition) is 1. The highest BCUT2D eigenvalue weighted by Crippen LogP contribution is 2.25. The van der Waals surface area contributed by atoms with Gasteiger partial charge in [-0.05, 0) is 60.5 Å². The lowest BCUT2D eigenvalue weighted by Gasteiger charge is -2.10. The second kappa shape index (κ2) is 8.19. The highest BCUT2D eigenvalue weighted by atomic mass is 32.1. The highest BCUT2D eigenvalue weighted by molar-refractivity contribution is 7.12. The fourth-order valence-corrected chi connectivity index (χ4v) is 3.56. The van der Waals surface area contributed by atoms with Gasteiger partial charge in [0.1, 0.15) is 12.4 Å². The van der Waals surface area contributed by atoms with E-state index < -0.39 is 0 Å². The first-order chi connectivity index (χ1) is 12.6. The van der Waals surface area contributed by atoms with Gasteiger partial charge in [-0.3, -0.25) is 4.79 Å². The number of thiophene rings is 1. The van der Waals surface area contributed by atoms with Crippen LogP contribution in [-0.2, 0) is 13.0 Å². The second-order valence-corrected chi connectivity index (χ2v) is 7.24. The van der Waals surface area contributed by atoms with Gasteiger partial charge >= 0.3 is 0 Å². The molecule has 0 saturated carbocycles. The minimum atomic E-state index is -0.0856. The lowest BCUT2D eigenvalue weighted by atomic mass is 10.1. The van der Waals surface area contributed by atoms with Crippen LogP contribution in [0.3, 0.4) is 0 Å². The first-order valence-electron chi connectivity index (χ1n) is 8.73. The van der Waals surface area contributed by atoms with Gasteiger partial charge in [0.05, 0.1) is 4.88 Å². The molecule has 0 aliphatic carbocycles. The molecule has 134 valence electrons. The molecule has 0 aliphatic rings. The smallest absolute Gasteiger partial charge is 0.265 e. The molecule has 0 aliphatic heterocycles. The number of hydrogen-bond acceptors (Lipinski definition) is 3. The molecule has 3 rings (SSSR count). The average Bonchev–Trinajstić information content (AvgIpc) is 3.11. The number of anilines is 1. The number of nitrogens with one attached hydrogen (secondary N) is 1. The Balaban J connectivity index is 1.62. The third kappa shape index (κ3) is 4.33. The van der Waals surface area contributed by atoms with E-state index in [1.54, 1.807) is 0 Å². The first-order valence-corrected chi connectivity index (χ1v) is 9.61. The van der Waals surface area contributed by atoms with Crippen molar-refractivity contribution in [2.75, 3.05) is 5.32 Å². The molecule has 3 aromatic rings. The van der Waals surface area contributed by atoms with E-state index in [1.165, 1.54) is 16.9 Å². The zero-order valence-electron chi connectivity index (χ0n) is 15.3. The maximum absolute atomic E-state index is 12.4. The summed E-state index contributed by atoms with van der Waals surface area (Å²) in [5, 5.41) is 4.92. The minimum Gasteiger partial charge on any atom is -0.488 e. The van der Waals surface area contributed by atoms with E-state index in [2.05, 4.69) is 12.2 Å². The van der Waals surface area contributed by atoms with E-state index in [1.807, 2.05) is 67.8 Å². The predicted octanol–water partition coefficient (Wildman–Crippen LogP) is 5.76. The van der Waals surface area contributed by atoms with Crippen LogP contribution in [0.1, 0.15) is 38.8 Å². The van der Waals surface area contributed by atoms with E-state index in [4.69, 9.17) is 4.74 Å². The number of benzene rings is 2. The van der Waals surface area contributed by atoms with Crippen LogP contribution in [0.5, 0.6) is 5.75 Å². The van der Waals surface area contributed by atoms with Gasteiger partial charge in [0.15, 0.2) is 0 Å². The van der Waals surface area contributed by atoms with Gasteiger partial charge in [0.2, 0.25) is 0 Å². The summed E-state index contributed by atoms with van der Waals surface area (Å²) in [6.07, 6.45) is 0.989. The Hall–Kier alpha value is -2.59. The highest BCUT2D eigenvalue weighted by Gasteiger charge is 2.11. The van der Waals surface area contributed by atoms with Gasteiger partial charge < -0.3 is 10.1 Å². The maximum Gasteiger partial charge on any atom is 0.265 e. The topological polar surface area (TPSA) is 38.3 Å². The van der Waals surface area contributed by atoms with Gasteiger partial charge in [-0.2, -0.15) is 0 Å². The summed E-state index contributed by atoms with van der Waals surface area (Å²) in [6, 6.07) is 16.0. The van der Waals surface area contributed by atoms with Crippen LogP contribution in [0.2, 0.25) is 0 Å². The third-order valence-corrected chi connectivity index (χ3v) is 5.27. The summed E-state index contributed by atoms with van der Waals surface area (Å²) in [6.45, 7) is 6.65. The first kappa shape index (κ1) is 18.2. The van der Waals surface area contributed by atoms with Crippen molar-refractivity contribution in [3.8, 4) is 5.75 Å². The third-order valence-electron chi connectivity index (χ3n) is 4.29. The minimum absolute atomic E-state index is 0.0856. The number of carbonyl (C=O) groups is 1. The zero-order valence-corrected chi connectivity index (χ0v) is 16.2. The SMILES string of the molecule is CCc1ccc(NC(=O)c2cc(COc3c(C)cccc3C)cs2)cc1. The quantitative estimate of drug-likeness (QED) is 0.603. The second-order valence-electron chi connectivity index (χ2n) is 6.33. The molecule has 2 aromatic carbocycles. The Morgan fingerprint density at radius 2 is 1.73 bits per heavy atom. The van der Waals surface area contributed by atoms with Crippen molar-refractivity contribution in [1.29, 1.82) is 0 Å². The number of rotatable bonds is 6. The van der Waals surface area contributed by atoms with Gasteiger partial charge in [0.25, 0.3) is 5.91 Å². The van der Waals surface area contributed by atoms with Crippen LogP contribution in [0, 0.1) is 13.8 Å². The molecule has 1 N–H and O–H groups in total. The summed E-state index contributed by atoms with van der Waals surface area (Å²) in [5.41, 5.74) is 5.31. The van der Waals surface area contributed by atoms with Crippen molar-refractivity contribution in [3.63, 3.8) is 0 Å². The fraction of sp³-hybridized carbons (Fsp3) is 0.227. The van der Waals surface area contributed by atoms with Gasteiger partial charge in [-0.15, -0.1) is 11.3 Å². The van der Waals surface area contributed by atoms with E-state index in [-0.39, 0.29) is 5.91 Å². The van der Waals surface area contributed by atoms with Crippen molar-refractivity contribution < 1.29 is 9.53 Å². The van der Waals surface area contributed by atoms with Crippen LogP contribution in [0.15, 0.2) is 53.9 Å². The lowest BCUT2D eigenvalue weighted by molar-refractivity contribution is 0.103. The normalized spacial score (nSPS) is 10.6. The molecule has 1 aromatic heterocycles. The number of ether oxygens (including phenoxy) is 1. The van der Waals surface area contributed by atoms with Crippen molar-refractivity contribution in [2.24, 2.45) is 0 Å². The number of amides is 1. The summed E-state index contributed by atoms with van der Waals surface area (Å²) < 4.78 is 5.97. The molecule has 0 saturated heterocycles. The van der Waals surface area contributed by atoms with E-state index in [0.717, 1.165) is 34.5 Å². The van der Waals surface area contributed by atoms with Crippen LogP contribution >= 0.6 is 11.3 Å². The molecular formula is C22H23NO2S. The Morgan fingerprint density at radius 1 is 1.04 bits per heavy atom. The molecule has 0 unspecified atom stereocenters. The fourth-order valence-electron chi connectivity index (χ4n) is 2.77. The van der Waals surface area contributed by atoms with Crippen LogP contribution in [-0.4, -0.2) is 5.91 Å². The summed E-state index contributed by atoms with van der Waals surface area (Å²) in [5.74, 6) is 0.832. The number of aryl methyl sites for hydroxylation is 3. The summed E-state index contributed by atoms with van der Waals surface area (Å²) >= 11 is 1.44. The molecule has 0 spiro atoms. The van der Waals surface area contributed by atoms with Crippen LogP contribution in [0.25, 0.3) is 0 Å². The van der Waals surface area contributed by atoms with Crippen molar-refractivity contribution in [1.82, 2.24) is 0 Å². The van der Waals surface area contributed by atoms with Gasteiger partial charge in [-0.25, -0.2) is 0 Å². The van der Waals surface area contributed by atoms with Crippen molar-refractivity contribution >= 4 is 22.9 Å². The van der Waals surface area contributed by atoms with Crippen LogP contribution < -0.4 is 10.1 Å². The molecule has 4 heteroatoms. The van der Waals surface area contributed by atoms with Crippen molar-refractivity contribution in [2.45, 2.75) is 33.8 Å². The maximum atomic E-state index is 12.4. The summed E-state index contributed by atoms with van der Waals surface area (Å²) in [7, 11) is 0. The molecule has 0 radical (unpaired) electrons. The van der Waals surface area contributed by atoms with E-state index in [9.17, 15) is 4.79 Å². The largest absolute Gasteiger partial charge is 0.488 e. The van der Waals surface area contributed by atoms with Gasteiger partial charge in [0, 0.05) is 11.3 Å². The monoisotopic (exact) mass is 365 g/mol. The Morgan fingerprint density at radius 3 is 2.38 bits per heavy atom. The molecule has 1 heterocycles. The van der Waals surface area contributed by atoms with E-state index in [0.29, 0.717) is 11.5 Å². The zero-order chi connectivity index (χ0) is 18.5. The molecule has 0 bridgehead atoms. The average molecular weight is 365 g/mol. The molecule has 26 heavy (non-hydrogen) atoms. The molecule has 0 atom stereocenters. The van der Waals surface area contributed by atoms with Gasteiger partial charge in [-0.1, -0.05) is 37.3 Å². The van der Waals surface area contributed by atoms with Crippen molar-refractivity contribution in [3.05, 3.63) is 81.0 Å². The Labute approximate surface area is 158 Å². The Bertz CT molecular complexity index is 877. The summed E-state index contributed by atoms with van der Waals surface area (Å²) in [4.78, 5) is 13.1. The number of para-hydroxylation sites is 1. The number of carbonyl (C=O) groups excluding carboxylic acids is 1. The standard InChI is InChI=1S/C22H23NO2S/c1-4-17-8-10-19(11-9-17)23-22(24)20-12-18(14-26-20)13-25-21-15(2)6-5-7-16(21)3/h5-12,14H,4,13H2,1-3H3,(H,23,24). The van der Waals surface area contributed by atoms with E-state index >= 15 is 0 Å².